The van der Waals surface area contributed by atoms with Crippen LogP contribution >= 0.6 is 11.8 Å². The van der Waals surface area contributed by atoms with Crippen molar-refractivity contribution in [2.75, 3.05) is 19.0 Å². The molecule has 0 bridgehead atoms. The molecule has 2 aromatic heterocycles. The third-order valence-corrected chi connectivity index (χ3v) is 4.01. The van der Waals surface area contributed by atoms with Crippen molar-refractivity contribution in [1.82, 2.24) is 15.2 Å². The van der Waals surface area contributed by atoms with E-state index < -0.39 is 0 Å². The summed E-state index contributed by atoms with van der Waals surface area (Å²) < 4.78 is 5.70. The second kappa shape index (κ2) is 6.62. The van der Waals surface area contributed by atoms with Gasteiger partial charge in [-0.1, -0.05) is 17.8 Å². The van der Waals surface area contributed by atoms with Crippen molar-refractivity contribution in [1.29, 1.82) is 0 Å². The lowest BCUT2D eigenvalue weighted by Gasteiger charge is -2.11. The lowest BCUT2D eigenvalue weighted by atomic mass is 10.2. The largest absolute Gasteiger partial charge is 0.411 e. The van der Waals surface area contributed by atoms with Gasteiger partial charge in [0.05, 0.1) is 0 Å². The van der Waals surface area contributed by atoms with Gasteiger partial charge in [0.15, 0.2) is 0 Å². The molecular weight excluding hydrogens is 296 g/mol. The Morgan fingerprint density at radius 1 is 1.09 bits per heavy atom. The van der Waals surface area contributed by atoms with Crippen molar-refractivity contribution in [3.05, 3.63) is 54.4 Å². The van der Waals surface area contributed by atoms with E-state index in [1.54, 1.807) is 6.20 Å². The second-order valence-electron chi connectivity index (χ2n) is 4.96. The van der Waals surface area contributed by atoms with Crippen LogP contribution in [0.4, 0.5) is 5.69 Å². The van der Waals surface area contributed by atoms with Gasteiger partial charge in [-0.3, -0.25) is 4.98 Å². The van der Waals surface area contributed by atoms with Crippen LogP contribution in [0.15, 0.2) is 58.4 Å². The quantitative estimate of drug-likeness (QED) is 0.672. The normalized spacial score (nSPS) is 10.6. The van der Waals surface area contributed by atoms with Gasteiger partial charge in [0, 0.05) is 43.5 Å². The van der Waals surface area contributed by atoms with E-state index in [9.17, 15) is 0 Å². The highest BCUT2D eigenvalue weighted by Gasteiger charge is 2.09. The van der Waals surface area contributed by atoms with Crippen molar-refractivity contribution in [2.45, 2.75) is 11.0 Å². The summed E-state index contributed by atoms with van der Waals surface area (Å²) in [5.74, 6) is 1.30. The van der Waals surface area contributed by atoms with Crippen molar-refractivity contribution < 1.29 is 4.42 Å². The van der Waals surface area contributed by atoms with Gasteiger partial charge >= 0.3 is 0 Å². The van der Waals surface area contributed by atoms with Crippen LogP contribution < -0.4 is 4.90 Å². The fraction of sp³-hybridized carbons (Fsp3) is 0.188. The number of pyridine rings is 1. The maximum Gasteiger partial charge on any atom is 0.277 e. The summed E-state index contributed by atoms with van der Waals surface area (Å²) >= 11 is 1.51. The third kappa shape index (κ3) is 3.46. The van der Waals surface area contributed by atoms with E-state index in [2.05, 4.69) is 15.2 Å². The molecule has 0 saturated heterocycles. The van der Waals surface area contributed by atoms with Crippen molar-refractivity contribution in [3.8, 4) is 11.5 Å². The molecule has 0 unspecified atom stereocenters. The number of thioether (sulfide) groups is 1. The maximum atomic E-state index is 5.70. The van der Waals surface area contributed by atoms with Gasteiger partial charge in [0.2, 0.25) is 5.89 Å². The van der Waals surface area contributed by atoms with Gasteiger partial charge in [0.25, 0.3) is 5.22 Å². The van der Waals surface area contributed by atoms with Gasteiger partial charge in [-0.25, -0.2) is 0 Å². The maximum absolute atomic E-state index is 5.70. The number of rotatable bonds is 5. The minimum Gasteiger partial charge on any atom is -0.411 e. The fourth-order valence-corrected chi connectivity index (χ4v) is 2.61. The topological polar surface area (TPSA) is 55.1 Å². The first-order valence-corrected chi connectivity index (χ1v) is 7.84. The molecule has 0 amide bonds. The van der Waals surface area contributed by atoms with Crippen LogP contribution in [-0.2, 0) is 5.75 Å². The molecule has 0 N–H and O–H groups in total. The summed E-state index contributed by atoms with van der Waals surface area (Å²) in [7, 11) is 4.02. The van der Waals surface area contributed by atoms with E-state index in [0.717, 1.165) is 22.6 Å². The lowest BCUT2D eigenvalue weighted by molar-refractivity contribution is 0.466. The molecule has 3 aromatic rings. The highest BCUT2D eigenvalue weighted by molar-refractivity contribution is 7.98. The predicted molar refractivity (Wildman–Crippen MR) is 87.9 cm³/mol. The molecule has 5 nitrogen and oxygen atoms in total. The Morgan fingerprint density at radius 2 is 1.91 bits per heavy atom. The molecule has 0 fully saturated rings. The molecule has 0 spiro atoms. The Balaban J connectivity index is 1.68. The minimum absolute atomic E-state index is 0.541. The third-order valence-electron chi connectivity index (χ3n) is 3.12. The Morgan fingerprint density at radius 3 is 2.59 bits per heavy atom. The van der Waals surface area contributed by atoms with Crippen LogP contribution in [0.2, 0.25) is 0 Å². The summed E-state index contributed by atoms with van der Waals surface area (Å²) in [5, 5.41) is 8.75. The molecule has 2 heterocycles. The highest BCUT2D eigenvalue weighted by atomic mass is 32.2. The minimum atomic E-state index is 0.541. The molecule has 112 valence electrons. The Bertz CT molecular complexity index is 725. The summed E-state index contributed by atoms with van der Waals surface area (Å²) in [6.45, 7) is 0. The first-order chi connectivity index (χ1) is 10.7. The highest BCUT2D eigenvalue weighted by Crippen LogP contribution is 2.26. The molecule has 0 aliphatic rings. The molecule has 3 rings (SSSR count). The lowest BCUT2D eigenvalue weighted by Crippen LogP contribution is -2.07. The van der Waals surface area contributed by atoms with Crippen molar-refractivity contribution in [2.24, 2.45) is 0 Å². The summed E-state index contributed by atoms with van der Waals surface area (Å²) in [4.78, 5) is 6.14. The van der Waals surface area contributed by atoms with Crippen LogP contribution in [0.3, 0.4) is 0 Å². The first kappa shape index (κ1) is 14.6. The van der Waals surface area contributed by atoms with Gasteiger partial charge in [0.1, 0.15) is 0 Å². The van der Waals surface area contributed by atoms with E-state index in [0.29, 0.717) is 11.1 Å². The smallest absolute Gasteiger partial charge is 0.277 e. The summed E-state index contributed by atoms with van der Waals surface area (Å²) in [6.07, 6.45) is 3.60. The fourth-order valence-electron chi connectivity index (χ4n) is 1.92. The molecule has 22 heavy (non-hydrogen) atoms. The Kier molecular flexibility index (Phi) is 4.39. The number of anilines is 1. The molecule has 0 saturated carbocycles. The molecule has 0 aliphatic heterocycles. The van der Waals surface area contributed by atoms with Crippen LogP contribution in [0.1, 0.15) is 5.56 Å². The molecule has 6 heteroatoms. The van der Waals surface area contributed by atoms with Crippen molar-refractivity contribution in [3.63, 3.8) is 0 Å². The predicted octanol–water partition coefficient (Wildman–Crippen LogP) is 3.49. The Hall–Kier alpha value is -2.34. The van der Waals surface area contributed by atoms with Crippen molar-refractivity contribution >= 4 is 17.4 Å². The van der Waals surface area contributed by atoms with Gasteiger partial charge in [-0.2, -0.15) is 0 Å². The SMILES string of the molecule is CN(C)c1ccc(-c2nnc(SCc3cccnc3)o2)cc1. The number of hydrogen-bond acceptors (Lipinski definition) is 6. The molecule has 0 radical (unpaired) electrons. The zero-order valence-electron chi connectivity index (χ0n) is 12.4. The number of hydrogen-bond donors (Lipinski definition) is 0. The molecule has 1 aromatic carbocycles. The summed E-state index contributed by atoms with van der Waals surface area (Å²) in [6, 6.07) is 12.0. The van der Waals surface area contributed by atoms with Gasteiger partial charge in [-0.05, 0) is 35.9 Å². The Labute approximate surface area is 133 Å². The van der Waals surface area contributed by atoms with E-state index in [1.165, 1.54) is 11.8 Å². The number of aromatic nitrogens is 3. The van der Waals surface area contributed by atoms with E-state index in [1.807, 2.05) is 61.6 Å². The number of nitrogens with zero attached hydrogens (tertiary/aromatic N) is 4. The zero-order chi connectivity index (χ0) is 15.4. The van der Waals surface area contributed by atoms with E-state index in [-0.39, 0.29) is 0 Å². The van der Waals surface area contributed by atoms with Gasteiger partial charge < -0.3 is 9.32 Å². The summed E-state index contributed by atoms with van der Waals surface area (Å²) in [5.41, 5.74) is 3.18. The van der Waals surface area contributed by atoms with Gasteiger partial charge in [-0.15, -0.1) is 10.2 Å². The monoisotopic (exact) mass is 312 g/mol. The van der Waals surface area contributed by atoms with E-state index >= 15 is 0 Å². The van der Waals surface area contributed by atoms with Crippen LogP contribution in [-0.4, -0.2) is 29.3 Å². The average molecular weight is 312 g/mol. The van der Waals surface area contributed by atoms with E-state index in [4.69, 9.17) is 4.42 Å². The second-order valence-corrected chi connectivity index (χ2v) is 5.89. The number of benzene rings is 1. The van der Waals surface area contributed by atoms with Crippen LogP contribution in [0, 0.1) is 0 Å². The molecular formula is C16H16N4OS. The zero-order valence-corrected chi connectivity index (χ0v) is 13.2. The average Bonchev–Trinajstić information content (AvgIpc) is 3.03. The van der Waals surface area contributed by atoms with Crippen LogP contribution in [0.25, 0.3) is 11.5 Å². The molecule has 0 atom stereocenters. The first-order valence-electron chi connectivity index (χ1n) is 6.85. The molecule has 0 aliphatic carbocycles. The van der Waals surface area contributed by atoms with Crippen LogP contribution in [0.5, 0.6) is 0 Å². The standard InChI is InChI=1S/C16H16N4OS/c1-20(2)14-7-5-13(6-8-14)15-18-19-16(21-15)22-11-12-4-3-9-17-10-12/h3-10H,11H2,1-2H3.